The summed E-state index contributed by atoms with van der Waals surface area (Å²) in [5.74, 6) is 0.0284. The number of morpholine rings is 1. The van der Waals surface area contributed by atoms with Crippen LogP contribution >= 0.6 is 0 Å². The summed E-state index contributed by atoms with van der Waals surface area (Å²) in [4.78, 5) is 14.8. The molecule has 1 aliphatic heterocycles. The summed E-state index contributed by atoms with van der Waals surface area (Å²) in [6, 6.07) is 8.58. The van der Waals surface area contributed by atoms with Crippen molar-refractivity contribution < 1.29 is 9.53 Å². The van der Waals surface area contributed by atoms with E-state index in [1.54, 1.807) is 0 Å². The molecule has 138 valence electrons. The Labute approximate surface area is 150 Å². The lowest BCUT2D eigenvalue weighted by molar-refractivity contribution is -0.0704. The zero-order valence-corrected chi connectivity index (χ0v) is 15.4. The van der Waals surface area contributed by atoms with Crippen LogP contribution in [0.4, 0.5) is 0 Å². The molecule has 0 spiro atoms. The highest BCUT2D eigenvalue weighted by atomic mass is 16.5. The number of nitrogens with two attached hydrogens (primary N) is 1. The van der Waals surface area contributed by atoms with Crippen molar-refractivity contribution in [1.29, 1.82) is 0 Å². The van der Waals surface area contributed by atoms with Crippen LogP contribution < -0.4 is 11.1 Å². The molecule has 2 unspecified atom stereocenters. The van der Waals surface area contributed by atoms with Crippen molar-refractivity contribution in [1.82, 2.24) is 10.2 Å². The van der Waals surface area contributed by atoms with Crippen LogP contribution in [0.2, 0.25) is 0 Å². The van der Waals surface area contributed by atoms with Crippen molar-refractivity contribution in [2.75, 3.05) is 13.1 Å². The molecule has 0 aromatic heterocycles. The maximum atomic E-state index is 12.4. The Morgan fingerprint density at radius 3 is 2.32 bits per heavy atom. The minimum atomic E-state index is 0.0284. The standard InChI is InChI=1S/C20H31N3O2/c1-14-11-23(12-15(2)25-14)13-16-3-5-17(6-4-16)20(24)22-19-9-7-18(21)8-10-19/h3-6,14-15,18-19H,7-13,21H2,1-2H3,(H,22,24). The number of hydrogen-bond donors (Lipinski definition) is 2. The quantitative estimate of drug-likeness (QED) is 0.879. The van der Waals surface area contributed by atoms with Crippen LogP contribution in [-0.4, -0.2) is 48.2 Å². The number of amides is 1. The fourth-order valence-electron chi connectivity index (χ4n) is 3.97. The molecule has 1 aliphatic carbocycles. The van der Waals surface area contributed by atoms with E-state index in [0.717, 1.165) is 50.9 Å². The average Bonchev–Trinajstić information content (AvgIpc) is 2.56. The molecule has 2 fully saturated rings. The molecule has 1 saturated heterocycles. The summed E-state index contributed by atoms with van der Waals surface area (Å²) < 4.78 is 5.78. The van der Waals surface area contributed by atoms with E-state index in [4.69, 9.17) is 10.5 Å². The summed E-state index contributed by atoms with van der Waals surface area (Å²) in [6.45, 7) is 7.05. The third kappa shape index (κ3) is 5.27. The van der Waals surface area contributed by atoms with Gasteiger partial charge in [-0.15, -0.1) is 0 Å². The molecule has 5 nitrogen and oxygen atoms in total. The Morgan fingerprint density at radius 1 is 1.12 bits per heavy atom. The van der Waals surface area contributed by atoms with Gasteiger partial charge in [-0.3, -0.25) is 9.69 Å². The van der Waals surface area contributed by atoms with Gasteiger partial charge in [0.1, 0.15) is 0 Å². The van der Waals surface area contributed by atoms with Crippen molar-refractivity contribution in [2.45, 2.75) is 70.4 Å². The smallest absolute Gasteiger partial charge is 0.251 e. The second-order valence-electron chi connectivity index (χ2n) is 7.73. The van der Waals surface area contributed by atoms with Crippen LogP contribution in [0.1, 0.15) is 55.5 Å². The summed E-state index contributed by atoms with van der Waals surface area (Å²) in [5.41, 5.74) is 7.90. The Bertz CT molecular complexity index is 557. The van der Waals surface area contributed by atoms with E-state index >= 15 is 0 Å². The first-order valence-corrected chi connectivity index (χ1v) is 9.53. The maximum absolute atomic E-state index is 12.4. The summed E-state index contributed by atoms with van der Waals surface area (Å²) >= 11 is 0. The zero-order chi connectivity index (χ0) is 17.8. The molecule has 2 aliphatic rings. The zero-order valence-electron chi connectivity index (χ0n) is 15.4. The maximum Gasteiger partial charge on any atom is 0.251 e. The van der Waals surface area contributed by atoms with Crippen molar-refractivity contribution in [3.05, 3.63) is 35.4 Å². The normalized spacial score (nSPS) is 30.8. The summed E-state index contributed by atoms with van der Waals surface area (Å²) in [5, 5.41) is 3.15. The molecule has 1 saturated carbocycles. The largest absolute Gasteiger partial charge is 0.373 e. The topological polar surface area (TPSA) is 67.6 Å². The highest BCUT2D eigenvalue weighted by Gasteiger charge is 2.23. The van der Waals surface area contributed by atoms with Crippen LogP contribution in [0.3, 0.4) is 0 Å². The van der Waals surface area contributed by atoms with Gasteiger partial charge < -0.3 is 15.8 Å². The number of hydrogen-bond acceptors (Lipinski definition) is 4. The lowest BCUT2D eigenvalue weighted by Crippen LogP contribution is -2.44. The van der Waals surface area contributed by atoms with Gasteiger partial charge in [-0.25, -0.2) is 0 Å². The Kier molecular flexibility index (Phi) is 6.10. The number of carbonyl (C=O) groups excluding carboxylic acids is 1. The molecular formula is C20H31N3O2. The van der Waals surface area contributed by atoms with E-state index in [1.807, 2.05) is 12.1 Å². The Morgan fingerprint density at radius 2 is 1.72 bits per heavy atom. The van der Waals surface area contributed by atoms with E-state index in [1.165, 1.54) is 5.56 Å². The number of nitrogens with one attached hydrogen (secondary N) is 1. The average molecular weight is 345 g/mol. The molecule has 3 rings (SSSR count). The number of benzene rings is 1. The van der Waals surface area contributed by atoms with Gasteiger partial charge >= 0.3 is 0 Å². The molecule has 0 bridgehead atoms. The van der Waals surface area contributed by atoms with Crippen LogP contribution in [0, 0.1) is 0 Å². The molecule has 1 amide bonds. The Balaban J connectivity index is 1.52. The van der Waals surface area contributed by atoms with Crippen LogP contribution in [0.5, 0.6) is 0 Å². The fraction of sp³-hybridized carbons (Fsp3) is 0.650. The SMILES string of the molecule is CC1CN(Cc2ccc(C(=O)NC3CCC(N)CC3)cc2)CC(C)O1. The molecule has 0 radical (unpaired) electrons. The lowest BCUT2D eigenvalue weighted by Gasteiger charge is -2.35. The molecule has 1 heterocycles. The molecule has 3 N–H and O–H groups in total. The highest BCUT2D eigenvalue weighted by Crippen LogP contribution is 2.18. The van der Waals surface area contributed by atoms with Gasteiger partial charge in [0, 0.05) is 37.3 Å². The number of nitrogens with zero attached hydrogens (tertiary/aromatic N) is 1. The van der Waals surface area contributed by atoms with Crippen LogP contribution in [-0.2, 0) is 11.3 Å². The van der Waals surface area contributed by atoms with E-state index in [9.17, 15) is 4.79 Å². The predicted octanol–water partition coefficient (Wildman–Crippen LogP) is 2.30. The minimum Gasteiger partial charge on any atom is -0.373 e. The van der Waals surface area contributed by atoms with Gasteiger partial charge in [0.05, 0.1) is 12.2 Å². The first kappa shape index (κ1) is 18.4. The number of rotatable bonds is 4. The minimum absolute atomic E-state index is 0.0284. The third-order valence-electron chi connectivity index (χ3n) is 5.22. The molecule has 2 atom stereocenters. The van der Waals surface area contributed by atoms with Crippen molar-refractivity contribution in [3.8, 4) is 0 Å². The van der Waals surface area contributed by atoms with Crippen molar-refractivity contribution in [3.63, 3.8) is 0 Å². The molecule has 25 heavy (non-hydrogen) atoms. The van der Waals surface area contributed by atoms with Gasteiger partial charge in [-0.1, -0.05) is 12.1 Å². The van der Waals surface area contributed by atoms with Crippen LogP contribution in [0.15, 0.2) is 24.3 Å². The van der Waals surface area contributed by atoms with E-state index in [-0.39, 0.29) is 24.2 Å². The third-order valence-corrected chi connectivity index (χ3v) is 5.22. The van der Waals surface area contributed by atoms with Gasteiger partial charge in [-0.05, 0) is 57.2 Å². The second kappa shape index (κ2) is 8.30. The van der Waals surface area contributed by atoms with E-state index in [0.29, 0.717) is 6.04 Å². The first-order valence-electron chi connectivity index (χ1n) is 9.53. The van der Waals surface area contributed by atoms with Gasteiger partial charge in [0.25, 0.3) is 5.91 Å². The monoisotopic (exact) mass is 345 g/mol. The molecule has 1 aromatic carbocycles. The van der Waals surface area contributed by atoms with Crippen LogP contribution in [0.25, 0.3) is 0 Å². The van der Waals surface area contributed by atoms with Gasteiger partial charge in [0.15, 0.2) is 0 Å². The van der Waals surface area contributed by atoms with Gasteiger partial charge in [0.2, 0.25) is 0 Å². The first-order chi connectivity index (χ1) is 12.0. The van der Waals surface area contributed by atoms with Crippen molar-refractivity contribution >= 4 is 5.91 Å². The summed E-state index contributed by atoms with van der Waals surface area (Å²) in [7, 11) is 0. The van der Waals surface area contributed by atoms with E-state index in [2.05, 4.69) is 36.2 Å². The molecule has 5 heteroatoms. The van der Waals surface area contributed by atoms with Crippen molar-refractivity contribution in [2.24, 2.45) is 5.73 Å². The lowest BCUT2D eigenvalue weighted by atomic mass is 9.91. The van der Waals surface area contributed by atoms with E-state index < -0.39 is 0 Å². The number of ether oxygens (including phenoxy) is 1. The summed E-state index contributed by atoms with van der Waals surface area (Å²) in [6.07, 6.45) is 4.52. The number of carbonyl (C=O) groups is 1. The molecular weight excluding hydrogens is 314 g/mol. The second-order valence-corrected chi connectivity index (χ2v) is 7.73. The Hall–Kier alpha value is -1.43. The van der Waals surface area contributed by atoms with Gasteiger partial charge in [-0.2, -0.15) is 0 Å². The fourth-order valence-corrected chi connectivity index (χ4v) is 3.97. The highest BCUT2D eigenvalue weighted by molar-refractivity contribution is 5.94. The predicted molar refractivity (Wildman–Crippen MR) is 99.4 cm³/mol. The molecule has 1 aromatic rings.